The van der Waals surface area contributed by atoms with Gasteiger partial charge in [0.2, 0.25) is 0 Å². The lowest BCUT2D eigenvalue weighted by atomic mass is 10.1. The molecule has 23 heavy (non-hydrogen) atoms. The van der Waals surface area contributed by atoms with Gasteiger partial charge in [-0.05, 0) is 31.0 Å². The van der Waals surface area contributed by atoms with Crippen molar-refractivity contribution in [3.8, 4) is 5.75 Å². The van der Waals surface area contributed by atoms with Gasteiger partial charge in [-0.3, -0.25) is 10.1 Å². The van der Waals surface area contributed by atoms with Crippen LogP contribution in [0.25, 0.3) is 0 Å². The first-order chi connectivity index (χ1) is 11.3. The highest BCUT2D eigenvalue weighted by Gasteiger charge is 2.23. The van der Waals surface area contributed by atoms with E-state index < -0.39 is 0 Å². The molecular formula is C17H19N3O3. The molecule has 0 aliphatic carbocycles. The Hall–Kier alpha value is -2.76. The van der Waals surface area contributed by atoms with E-state index in [1.807, 2.05) is 30.3 Å². The van der Waals surface area contributed by atoms with Crippen molar-refractivity contribution >= 4 is 17.1 Å². The molecule has 0 saturated heterocycles. The highest BCUT2D eigenvalue weighted by Crippen LogP contribution is 2.36. The third-order valence-corrected chi connectivity index (χ3v) is 3.81. The minimum Gasteiger partial charge on any atom is -0.494 e. The van der Waals surface area contributed by atoms with E-state index >= 15 is 0 Å². The van der Waals surface area contributed by atoms with Crippen LogP contribution in [0.2, 0.25) is 0 Å². The molecule has 0 saturated carbocycles. The van der Waals surface area contributed by atoms with Crippen LogP contribution in [0.1, 0.15) is 12.0 Å². The van der Waals surface area contributed by atoms with Crippen LogP contribution in [0.3, 0.4) is 0 Å². The SMILES string of the molecule is O=[N+]([O-])c1ccc2c(c1NCCCOc1ccccc1)CCN2. The van der Waals surface area contributed by atoms with Gasteiger partial charge >= 0.3 is 0 Å². The predicted octanol–water partition coefficient (Wildman–Crippen LogP) is 3.44. The summed E-state index contributed by atoms with van der Waals surface area (Å²) in [5, 5.41) is 17.7. The normalized spacial score (nSPS) is 12.3. The second kappa shape index (κ2) is 7.00. The number of anilines is 2. The second-order valence-corrected chi connectivity index (χ2v) is 5.36. The summed E-state index contributed by atoms with van der Waals surface area (Å²) in [6, 6.07) is 13.0. The second-order valence-electron chi connectivity index (χ2n) is 5.36. The molecule has 0 unspecified atom stereocenters. The summed E-state index contributed by atoms with van der Waals surface area (Å²) in [7, 11) is 0. The van der Waals surface area contributed by atoms with Gasteiger partial charge in [0, 0.05) is 30.4 Å². The number of fused-ring (bicyclic) bond motifs is 1. The molecule has 2 aromatic rings. The Kier molecular flexibility index (Phi) is 4.61. The van der Waals surface area contributed by atoms with E-state index in [0.29, 0.717) is 18.8 Å². The number of rotatable bonds is 7. The average Bonchev–Trinajstić information content (AvgIpc) is 3.04. The molecule has 0 spiro atoms. The quantitative estimate of drug-likeness (QED) is 0.465. The van der Waals surface area contributed by atoms with Crippen LogP contribution in [0.15, 0.2) is 42.5 Å². The molecule has 0 fully saturated rings. The number of hydrogen-bond acceptors (Lipinski definition) is 5. The molecule has 2 N–H and O–H groups in total. The molecule has 0 bridgehead atoms. The molecule has 0 amide bonds. The molecule has 6 nitrogen and oxygen atoms in total. The Morgan fingerprint density at radius 1 is 1.22 bits per heavy atom. The number of nitrogens with zero attached hydrogens (tertiary/aromatic N) is 1. The summed E-state index contributed by atoms with van der Waals surface area (Å²) in [6.45, 7) is 2.02. The van der Waals surface area contributed by atoms with Crippen molar-refractivity contribution in [1.29, 1.82) is 0 Å². The molecule has 0 radical (unpaired) electrons. The Bertz CT molecular complexity index is 689. The Morgan fingerprint density at radius 3 is 2.83 bits per heavy atom. The number of para-hydroxylation sites is 1. The number of hydrogen-bond donors (Lipinski definition) is 2. The lowest BCUT2D eigenvalue weighted by Gasteiger charge is -2.12. The van der Waals surface area contributed by atoms with Gasteiger partial charge in [0.05, 0.1) is 11.5 Å². The summed E-state index contributed by atoms with van der Waals surface area (Å²) >= 11 is 0. The molecule has 0 atom stereocenters. The first kappa shape index (κ1) is 15.1. The van der Waals surface area contributed by atoms with Gasteiger partial charge in [0.25, 0.3) is 5.69 Å². The number of nitro benzene ring substituents is 1. The molecule has 3 rings (SSSR count). The molecule has 1 heterocycles. The van der Waals surface area contributed by atoms with Crippen molar-refractivity contribution in [3.63, 3.8) is 0 Å². The van der Waals surface area contributed by atoms with Crippen LogP contribution >= 0.6 is 0 Å². The zero-order valence-electron chi connectivity index (χ0n) is 12.7. The monoisotopic (exact) mass is 313 g/mol. The van der Waals surface area contributed by atoms with E-state index in [1.54, 1.807) is 12.1 Å². The van der Waals surface area contributed by atoms with E-state index in [1.165, 1.54) is 0 Å². The summed E-state index contributed by atoms with van der Waals surface area (Å²) in [6.07, 6.45) is 1.57. The maximum Gasteiger partial charge on any atom is 0.292 e. The van der Waals surface area contributed by atoms with Crippen LogP contribution in [0.5, 0.6) is 5.75 Å². The van der Waals surface area contributed by atoms with Crippen molar-refractivity contribution in [1.82, 2.24) is 0 Å². The standard InChI is InChI=1S/C17H19N3O3/c21-20(22)16-8-7-15-14(9-11-18-15)17(16)19-10-4-12-23-13-5-2-1-3-6-13/h1-3,5-8,18-19H,4,9-12H2. The molecule has 6 heteroatoms. The topological polar surface area (TPSA) is 76.4 Å². The minimum absolute atomic E-state index is 0.136. The summed E-state index contributed by atoms with van der Waals surface area (Å²) < 4.78 is 5.63. The molecule has 1 aliphatic heterocycles. The van der Waals surface area contributed by atoms with Gasteiger partial charge in [-0.1, -0.05) is 18.2 Å². The minimum atomic E-state index is -0.332. The fourth-order valence-electron chi connectivity index (χ4n) is 2.72. The molecule has 2 aromatic carbocycles. The van der Waals surface area contributed by atoms with Crippen LogP contribution in [0.4, 0.5) is 17.1 Å². The van der Waals surface area contributed by atoms with E-state index in [0.717, 1.165) is 36.4 Å². The third kappa shape index (κ3) is 3.53. The van der Waals surface area contributed by atoms with Crippen molar-refractivity contribution in [2.75, 3.05) is 30.3 Å². The first-order valence-corrected chi connectivity index (χ1v) is 7.71. The zero-order chi connectivity index (χ0) is 16.1. The number of nitrogens with one attached hydrogen (secondary N) is 2. The largest absolute Gasteiger partial charge is 0.494 e. The van der Waals surface area contributed by atoms with Crippen molar-refractivity contribution in [2.24, 2.45) is 0 Å². The predicted molar refractivity (Wildman–Crippen MR) is 90.3 cm³/mol. The number of benzene rings is 2. The maximum atomic E-state index is 11.2. The van der Waals surface area contributed by atoms with E-state index in [9.17, 15) is 10.1 Å². The third-order valence-electron chi connectivity index (χ3n) is 3.81. The average molecular weight is 313 g/mol. The Labute approximate surface area is 134 Å². The zero-order valence-corrected chi connectivity index (χ0v) is 12.7. The summed E-state index contributed by atoms with van der Waals surface area (Å²) in [5.41, 5.74) is 2.76. The van der Waals surface area contributed by atoms with Gasteiger partial charge in [-0.25, -0.2) is 0 Å². The van der Waals surface area contributed by atoms with Crippen molar-refractivity contribution in [3.05, 3.63) is 58.1 Å². The lowest BCUT2D eigenvalue weighted by Crippen LogP contribution is -2.10. The van der Waals surface area contributed by atoms with E-state index in [2.05, 4.69) is 10.6 Å². The van der Waals surface area contributed by atoms with Crippen LogP contribution in [-0.4, -0.2) is 24.6 Å². The lowest BCUT2D eigenvalue weighted by molar-refractivity contribution is -0.384. The molecular weight excluding hydrogens is 294 g/mol. The smallest absolute Gasteiger partial charge is 0.292 e. The van der Waals surface area contributed by atoms with Gasteiger partial charge in [-0.15, -0.1) is 0 Å². The maximum absolute atomic E-state index is 11.2. The highest BCUT2D eigenvalue weighted by atomic mass is 16.6. The number of ether oxygens (including phenoxy) is 1. The fraction of sp³-hybridized carbons (Fsp3) is 0.294. The van der Waals surface area contributed by atoms with Gasteiger partial charge in [0.1, 0.15) is 11.4 Å². The Morgan fingerprint density at radius 2 is 2.04 bits per heavy atom. The van der Waals surface area contributed by atoms with Crippen molar-refractivity contribution < 1.29 is 9.66 Å². The number of nitro groups is 1. The van der Waals surface area contributed by atoms with Gasteiger partial charge in [-0.2, -0.15) is 0 Å². The van der Waals surface area contributed by atoms with Gasteiger partial charge < -0.3 is 15.4 Å². The fourth-order valence-corrected chi connectivity index (χ4v) is 2.72. The first-order valence-electron chi connectivity index (χ1n) is 7.71. The van der Waals surface area contributed by atoms with E-state index in [4.69, 9.17) is 4.74 Å². The van der Waals surface area contributed by atoms with Gasteiger partial charge in [0.15, 0.2) is 0 Å². The summed E-state index contributed by atoms with van der Waals surface area (Å²) in [4.78, 5) is 10.9. The van der Waals surface area contributed by atoms with Crippen LogP contribution in [0, 0.1) is 10.1 Å². The molecule has 1 aliphatic rings. The highest BCUT2D eigenvalue weighted by molar-refractivity contribution is 5.77. The molecule has 120 valence electrons. The van der Waals surface area contributed by atoms with Crippen molar-refractivity contribution in [2.45, 2.75) is 12.8 Å². The Balaban J connectivity index is 1.58. The van der Waals surface area contributed by atoms with Crippen LogP contribution in [-0.2, 0) is 6.42 Å². The van der Waals surface area contributed by atoms with E-state index in [-0.39, 0.29) is 10.6 Å². The summed E-state index contributed by atoms with van der Waals surface area (Å²) in [5.74, 6) is 0.836. The molecule has 0 aromatic heterocycles. The van der Waals surface area contributed by atoms with Crippen LogP contribution < -0.4 is 15.4 Å².